The number of unbranched alkanes of at least 4 members (excludes halogenated alkanes) is 1. The zero-order chi connectivity index (χ0) is 15.0. The minimum Gasteiger partial charge on any atom is -0.382 e. The topological polar surface area (TPSA) is 67.9 Å². The largest absolute Gasteiger partial charge is 0.382 e. The number of carbonyl (C=O) groups is 2. The molecule has 1 aliphatic rings. The fourth-order valence-electron chi connectivity index (χ4n) is 2.16. The molecule has 2 amide bonds. The average molecular weight is 286 g/mol. The molecule has 1 heterocycles. The van der Waals surface area contributed by atoms with Crippen LogP contribution in [0.1, 0.15) is 33.1 Å². The van der Waals surface area contributed by atoms with E-state index in [0.29, 0.717) is 39.3 Å². The lowest BCUT2D eigenvalue weighted by molar-refractivity contribution is -0.137. The lowest BCUT2D eigenvalue weighted by Gasteiger charge is -2.28. The number of rotatable bonds is 8. The molecule has 0 saturated carbocycles. The van der Waals surface area contributed by atoms with Crippen molar-refractivity contribution in [1.82, 2.24) is 10.2 Å². The molecule has 1 saturated heterocycles. The van der Waals surface area contributed by atoms with E-state index in [4.69, 9.17) is 9.47 Å². The fourth-order valence-corrected chi connectivity index (χ4v) is 2.16. The third-order valence-corrected chi connectivity index (χ3v) is 3.28. The van der Waals surface area contributed by atoms with Gasteiger partial charge >= 0.3 is 0 Å². The average Bonchev–Trinajstić information content (AvgIpc) is 2.48. The summed E-state index contributed by atoms with van der Waals surface area (Å²) in [6, 6.07) is 0. The van der Waals surface area contributed by atoms with Gasteiger partial charge < -0.3 is 19.7 Å². The van der Waals surface area contributed by atoms with E-state index < -0.39 is 5.54 Å². The van der Waals surface area contributed by atoms with Gasteiger partial charge in [-0.1, -0.05) is 0 Å². The van der Waals surface area contributed by atoms with Gasteiger partial charge in [0, 0.05) is 33.2 Å². The number of ether oxygens (including phenoxy) is 2. The molecule has 116 valence electrons. The Morgan fingerprint density at radius 1 is 1.20 bits per heavy atom. The van der Waals surface area contributed by atoms with E-state index in [1.54, 1.807) is 25.9 Å². The summed E-state index contributed by atoms with van der Waals surface area (Å²) in [6.45, 7) is 6.55. The molecule has 0 radical (unpaired) electrons. The van der Waals surface area contributed by atoms with Gasteiger partial charge in [-0.15, -0.1) is 0 Å². The van der Waals surface area contributed by atoms with Gasteiger partial charge in [-0.05, 0) is 26.7 Å². The molecule has 20 heavy (non-hydrogen) atoms. The highest BCUT2D eigenvalue weighted by atomic mass is 16.5. The van der Waals surface area contributed by atoms with E-state index in [-0.39, 0.29) is 11.8 Å². The molecule has 6 heteroatoms. The van der Waals surface area contributed by atoms with Crippen LogP contribution in [0, 0.1) is 0 Å². The molecular weight excluding hydrogens is 260 g/mol. The number of methoxy groups -OCH3 is 1. The second-order valence-electron chi connectivity index (χ2n) is 5.53. The van der Waals surface area contributed by atoms with Crippen molar-refractivity contribution >= 4 is 11.8 Å². The molecule has 1 fully saturated rings. The molecule has 0 unspecified atom stereocenters. The summed E-state index contributed by atoms with van der Waals surface area (Å²) in [5, 5.41) is 2.75. The molecule has 1 rings (SSSR count). The number of nitrogens with zero attached hydrogens (tertiary/aromatic N) is 1. The van der Waals surface area contributed by atoms with Gasteiger partial charge in [0.25, 0.3) is 0 Å². The van der Waals surface area contributed by atoms with Crippen molar-refractivity contribution in [2.24, 2.45) is 0 Å². The van der Waals surface area contributed by atoms with Crippen LogP contribution in [0.25, 0.3) is 0 Å². The Labute approximate surface area is 120 Å². The smallest absolute Gasteiger partial charge is 0.247 e. The Kier molecular flexibility index (Phi) is 6.95. The van der Waals surface area contributed by atoms with Crippen LogP contribution in [0.4, 0.5) is 0 Å². The highest BCUT2D eigenvalue weighted by Gasteiger charge is 2.35. The fraction of sp³-hybridized carbons (Fsp3) is 0.857. The normalized spacial score (nSPS) is 18.9. The van der Waals surface area contributed by atoms with Crippen LogP contribution in [0.5, 0.6) is 0 Å². The number of hydrogen-bond acceptors (Lipinski definition) is 4. The molecule has 0 spiro atoms. The molecule has 0 bridgehead atoms. The number of hydrogen-bond donors (Lipinski definition) is 1. The molecule has 0 aromatic carbocycles. The zero-order valence-corrected chi connectivity index (χ0v) is 12.7. The lowest BCUT2D eigenvalue weighted by atomic mass is 10.0. The van der Waals surface area contributed by atoms with Gasteiger partial charge in [0.15, 0.2) is 0 Å². The minimum absolute atomic E-state index is 0.0105. The molecule has 0 aromatic heterocycles. The Hall–Kier alpha value is -1.14. The van der Waals surface area contributed by atoms with E-state index >= 15 is 0 Å². The number of nitrogens with one attached hydrogen (secondary N) is 1. The molecule has 1 N–H and O–H groups in total. The molecule has 0 atom stereocenters. The number of carbonyl (C=O) groups excluding carboxylic acids is 2. The first kappa shape index (κ1) is 16.9. The maximum absolute atomic E-state index is 12.3. The van der Waals surface area contributed by atoms with Gasteiger partial charge in [-0.2, -0.15) is 0 Å². The van der Waals surface area contributed by atoms with Gasteiger partial charge in [-0.25, -0.2) is 0 Å². The van der Waals surface area contributed by atoms with E-state index in [0.717, 1.165) is 12.8 Å². The Balaban J connectivity index is 2.28. The summed E-state index contributed by atoms with van der Waals surface area (Å²) < 4.78 is 10.3. The first-order valence-electron chi connectivity index (χ1n) is 7.14. The van der Waals surface area contributed by atoms with Crippen molar-refractivity contribution in [3.63, 3.8) is 0 Å². The van der Waals surface area contributed by atoms with Crippen molar-refractivity contribution in [3.05, 3.63) is 0 Å². The first-order chi connectivity index (χ1) is 9.47. The minimum atomic E-state index is -0.803. The second-order valence-corrected chi connectivity index (χ2v) is 5.53. The van der Waals surface area contributed by atoms with Crippen molar-refractivity contribution in [2.45, 2.75) is 38.6 Å². The van der Waals surface area contributed by atoms with Gasteiger partial charge in [0.1, 0.15) is 5.54 Å². The maximum Gasteiger partial charge on any atom is 0.247 e. The monoisotopic (exact) mass is 286 g/mol. The Morgan fingerprint density at radius 3 is 2.65 bits per heavy atom. The lowest BCUT2D eigenvalue weighted by Crippen LogP contribution is -2.52. The van der Waals surface area contributed by atoms with Crippen molar-refractivity contribution in [3.8, 4) is 0 Å². The molecule has 1 aliphatic heterocycles. The predicted molar refractivity (Wildman–Crippen MR) is 75.3 cm³/mol. The van der Waals surface area contributed by atoms with Crippen molar-refractivity contribution < 1.29 is 19.1 Å². The first-order valence-corrected chi connectivity index (χ1v) is 7.14. The summed E-state index contributed by atoms with van der Waals surface area (Å²) in [5.74, 6) is -0.0719. The second kappa shape index (κ2) is 8.21. The van der Waals surface area contributed by atoms with Crippen LogP contribution in [-0.4, -0.2) is 62.3 Å². The highest BCUT2D eigenvalue weighted by Crippen LogP contribution is 2.13. The highest BCUT2D eigenvalue weighted by molar-refractivity contribution is 5.92. The van der Waals surface area contributed by atoms with E-state index in [1.165, 1.54) is 0 Å². The van der Waals surface area contributed by atoms with Crippen LogP contribution in [-0.2, 0) is 19.1 Å². The zero-order valence-electron chi connectivity index (χ0n) is 12.7. The summed E-state index contributed by atoms with van der Waals surface area (Å²) in [4.78, 5) is 25.6. The quantitative estimate of drug-likeness (QED) is 0.662. The molecule has 0 aliphatic carbocycles. The molecule has 6 nitrogen and oxygen atoms in total. The Morgan fingerprint density at radius 2 is 1.95 bits per heavy atom. The van der Waals surface area contributed by atoms with E-state index in [2.05, 4.69) is 5.32 Å². The number of amides is 2. The van der Waals surface area contributed by atoms with Gasteiger partial charge in [0.2, 0.25) is 11.8 Å². The Bertz CT molecular complexity index is 331. The van der Waals surface area contributed by atoms with Crippen LogP contribution < -0.4 is 5.32 Å². The SMILES string of the molecule is COCCOCCCCN1CCC(=O)NC(C)(C)C1=O. The summed E-state index contributed by atoms with van der Waals surface area (Å²) in [6.07, 6.45) is 2.15. The summed E-state index contributed by atoms with van der Waals surface area (Å²) in [7, 11) is 1.64. The van der Waals surface area contributed by atoms with Gasteiger partial charge in [-0.3, -0.25) is 9.59 Å². The summed E-state index contributed by atoms with van der Waals surface area (Å²) in [5.41, 5.74) is -0.803. The molecular formula is C14H26N2O4. The third kappa shape index (κ3) is 5.46. The van der Waals surface area contributed by atoms with Crippen molar-refractivity contribution in [2.75, 3.05) is 40.0 Å². The third-order valence-electron chi connectivity index (χ3n) is 3.28. The van der Waals surface area contributed by atoms with Crippen molar-refractivity contribution in [1.29, 1.82) is 0 Å². The predicted octanol–water partition coefficient (Wildman–Crippen LogP) is 0.557. The molecule has 0 aromatic rings. The maximum atomic E-state index is 12.3. The standard InChI is InChI=1S/C14H26N2O4/c1-14(2)13(18)16(8-6-12(17)15-14)7-4-5-9-20-11-10-19-3/h4-11H2,1-3H3,(H,15,17). The van der Waals surface area contributed by atoms with Gasteiger partial charge in [0.05, 0.1) is 13.2 Å². The van der Waals surface area contributed by atoms with Crippen LogP contribution >= 0.6 is 0 Å². The summed E-state index contributed by atoms with van der Waals surface area (Å²) >= 11 is 0. The van der Waals surface area contributed by atoms with E-state index in [9.17, 15) is 9.59 Å². The van der Waals surface area contributed by atoms with E-state index in [1.807, 2.05) is 0 Å². The van der Waals surface area contributed by atoms with Crippen LogP contribution in [0.2, 0.25) is 0 Å². The van der Waals surface area contributed by atoms with Crippen LogP contribution in [0.3, 0.4) is 0 Å². The van der Waals surface area contributed by atoms with Crippen LogP contribution in [0.15, 0.2) is 0 Å².